The molecule has 1 heterocycles. The van der Waals surface area contributed by atoms with Gasteiger partial charge in [0.05, 0.1) is 16.1 Å². The van der Waals surface area contributed by atoms with Crippen LogP contribution in [0.1, 0.15) is 17.3 Å². The zero-order chi connectivity index (χ0) is 11.6. The third-order valence-electron chi connectivity index (χ3n) is 2.05. The van der Waals surface area contributed by atoms with Crippen molar-refractivity contribution in [2.75, 3.05) is 0 Å². The summed E-state index contributed by atoms with van der Waals surface area (Å²) in [6.07, 6.45) is 1.46. The van der Waals surface area contributed by atoms with Gasteiger partial charge in [0.25, 0.3) is 0 Å². The highest BCUT2D eigenvalue weighted by Crippen LogP contribution is 2.17. The lowest BCUT2D eigenvalue weighted by atomic mass is 10.2. The van der Waals surface area contributed by atoms with Gasteiger partial charge < -0.3 is 15.4 Å². The molecule has 1 amide bonds. The maximum Gasteiger partial charge on any atom is 0.337 e. The maximum atomic E-state index is 10.8. The average molecular weight is 275 g/mol. The number of aromatic nitrogens is 1. The molecular weight excluding hydrogens is 264 g/mol. The van der Waals surface area contributed by atoms with E-state index in [1.807, 2.05) is 0 Å². The van der Waals surface area contributed by atoms with Crippen molar-refractivity contribution in [3.63, 3.8) is 0 Å². The largest absolute Gasteiger partial charge is 0.478 e. The fourth-order valence-corrected chi connectivity index (χ4v) is 1.61. The van der Waals surface area contributed by atoms with Crippen LogP contribution in [-0.2, 0) is 11.3 Å². The lowest BCUT2D eigenvalue weighted by molar-refractivity contribution is -0.121. The zero-order valence-electron chi connectivity index (χ0n) is 8.11. The molecule has 0 aliphatic heterocycles. The van der Waals surface area contributed by atoms with Gasteiger partial charge in [-0.15, -0.1) is 0 Å². The highest BCUT2D eigenvalue weighted by Gasteiger charge is 2.14. The molecule has 5 nitrogen and oxygen atoms in total. The Labute approximate surface area is 95.0 Å². The van der Waals surface area contributed by atoms with Gasteiger partial charge in [-0.25, -0.2) is 4.79 Å². The number of carbonyl (C=O) groups excluding carboxylic acids is 1. The summed E-state index contributed by atoms with van der Waals surface area (Å²) < 4.78 is 2.26. The first-order valence-electron chi connectivity index (χ1n) is 4.30. The van der Waals surface area contributed by atoms with E-state index in [1.54, 1.807) is 11.5 Å². The summed E-state index contributed by atoms with van der Waals surface area (Å²) >= 11 is 3.21. The van der Waals surface area contributed by atoms with Crippen LogP contribution in [0.3, 0.4) is 0 Å². The lowest BCUT2D eigenvalue weighted by Crippen LogP contribution is -2.24. The number of nitrogens with two attached hydrogens (primary N) is 1. The van der Waals surface area contributed by atoms with Crippen molar-refractivity contribution in [3.8, 4) is 0 Å². The van der Waals surface area contributed by atoms with Gasteiger partial charge in [-0.1, -0.05) is 6.92 Å². The summed E-state index contributed by atoms with van der Waals surface area (Å²) in [6.45, 7) is 2.05. The molecule has 1 atom stereocenters. The van der Waals surface area contributed by atoms with Gasteiger partial charge in [0.2, 0.25) is 5.91 Å². The molecule has 0 aliphatic rings. The van der Waals surface area contributed by atoms with E-state index in [0.717, 1.165) is 0 Å². The Morgan fingerprint density at radius 2 is 2.27 bits per heavy atom. The van der Waals surface area contributed by atoms with Crippen LogP contribution < -0.4 is 5.73 Å². The third kappa shape index (κ3) is 2.82. The SMILES string of the molecule is CC(Cn1cc(C(=O)O)cc1Br)C(N)=O. The van der Waals surface area contributed by atoms with Crippen molar-refractivity contribution in [2.24, 2.45) is 11.7 Å². The van der Waals surface area contributed by atoms with E-state index in [-0.39, 0.29) is 11.5 Å². The van der Waals surface area contributed by atoms with Crippen LogP contribution in [0, 0.1) is 5.92 Å². The number of carbonyl (C=O) groups is 2. The van der Waals surface area contributed by atoms with Crippen LogP contribution in [-0.4, -0.2) is 21.6 Å². The smallest absolute Gasteiger partial charge is 0.337 e. The molecule has 0 spiro atoms. The van der Waals surface area contributed by atoms with Crippen LogP contribution in [0.25, 0.3) is 0 Å². The Kier molecular flexibility index (Phi) is 3.52. The first kappa shape index (κ1) is 11.8. The predicted molar refractivity (Wildman–Crippen MR) is 57.4 cm³/mol. The summed E-state index contributed by atoms with van der Waals surface area (Å²) in [5.41, 5.74) is 5.30. The molecule has 0 saturated heterocycles. The van der Waals surface area contributed by atoms with Gasteiger partial charge in [0, 0.05) is 12.7 Å². The number of amides is 1. The van der Waals surface area contributed by atoms with E-state index in [9.17, 15) is 9.59 Å². The number of nitrogens with zero attached hydrogens (tertiary/aromatic N) is 1. The zero-order valence-corrected chi connectivity index (χ0v) is 9.69. The second kappa shape index (κ2) is 4.48. The van der Waals surface area contributed by atoms with E-state index in [0.29, 0.717) is 11.1 Å². The Bertz CT molecular complexity index is 400. The number of carboxylic acids is 1. The van der Waals surface area contributed by atoms with Gasteiger partial charge in [0.1, 0.15) is 0 Å². The fourth-order valence-electron chi connectivity index (χ4n) is 1.12. The first-order valence-corrected chi connectivity index (χ1v) is 5.09. The van der Waals surface area contributed by atoms with E-state index in [1.165, 1.54) is 12.3 Å². The quantitative estimate of drug-likeness (QED) is 0.861. The van der Waals surface area contributed by atoms with Gasteiger partial charge in [-0.05, 0) is 22.0 Å². The summed E-state index contributed by atoms with van der Waals surface area (Å²) in [7, 11) is 0. The summed E-state index contributed by atoms with van der Waals surface area (Å²) in [6, 6.07) is 1.48. The number of carboxylic acid groups (broad SMARTS) is 1. The number of primary amides is 1. The van der Waals surface area contributed by atoms with Crippen molar-refractivity contribution in [2.45, 2.75) is 13.5 Å². The van der Waals surface area contributed by atoms with E-state index >= 15 is 0 Å². The molecule has 0 aliphatic carbocycles. The number of rotatable bonds is 4. The first-order chi connectivity index (χ1) is 6.91. The highest BCUT2D eigenvalue weighted by atomic mass is 79.9. The summed E-state index contributed by atoms with van der Waals surface area (Å²) in [5.74, 6) is -1.75. The second-order valence-corrected chi connectivity index (χ2v) is 4.12. The Hall–Kier alpha value is -1.30. The molecule has 0 bridgehead atoms. The molecule has 1 aromatic rings. The van der Waals surface area contributed by atoms with E-state index in [2.05, 4.69) is 15.9 Å². The van der Waals surface area contributed by atoms with Gasteiger partial charge in [-0.2, -0.15) is 0 Å². The Morgan fingerprint density at radius 3 is 2.67 bits per heavy atom. The predicted octanol–water partition coefficient (Wildman–Crippen LogP) is 1.07. The number of hydrogen-bond donors (Lipinski definition) is 2. The van der Waals surface area contributed by atoms with Crippen LogP contribution >= 0.6 is 15.9 Å². The standard InChI is InChI=1S/C9H11BrN2O3/c1-5(8(11)13)3-12-4-6(9(14)15)2-7(12)10/h2,4-5H,3H2,1H3,(H2,11,13)(H,14,15). The van der Waals surface area contributed by atoms with Crippen LogP contribution in [0.2, 0.25) is 0 Å². The number of halogens is 1. The highest BCUT2D eigenvalue weighted by molar-refractivity contribution is 9.10. The molecule has 3 N–H and O–H groups in total. The van der Waals surface area contributed by atoms with Crippen molar-refractivity contribution in [3.05, 3.63) is 22.4 Å². The lowest BCUT2D eigenvalue weighted by Gasteiger charge is -2.09. The van der Waals surface area contributed by atoms with Crippen LogP contribution in [0.5, 0.6) is 0 Å². The molecular formula is C9H11BrN2O3. The van der Waals surface area contributed by atoms with E-state index in [4.69, 9.17) is 10.8 Å². The molecule has 15 heavy (non-hydrogen) atoms. The molecule has 1 unspecified atom stereocenters. The molecule has 0 aromatic carbocycles. The monoisotopic (exact) mass is 274 g/mol. The molecule has 1 rings (SSSR count). The number of hydrogen-bond acceptors (Lipinski definition) is 2. The normalized spacial score (nSPS) is 12.4. The minimum atomic E-state index is -0.999. The van der Waals surface area contributed by atoms with Crippen molar-refractivity contribution >= 4 is 27.8 Å². The topological polar surface area (TPSA) is 85.3 Å². The Balaban J connectivity index is 2.86. The van der Waals surface area contributed by atoms with E-state index < -0.39 is 11.9 Å². The minimum absolute atomic E-state index is 0.179. The maximum absolute atomic E-state index is 10.8. The van der Waals surface area contributed by atoms with Gasteiger partial charge in [-0.3, -0.25) is 4.79 Å². The van der Waals surface area contributed by atoms with Crippen molar-refractivity contribution < 1.29 is 14.7 Å². The van der Waals surface area contributed by atoms with Gasteiger partial charge in [0.15, 0.2) is 0 Å². The van der Waals surface area contributed by atoms with Crippen LogP contribution in [0.15, 0.2) is 16.9 Å². The molecule has 82 valence electrons. The van der Waals surface area contributed by atoms with Crippen LogP contribution in [0.4, 0.5) is 0 Å². The number of aromatic carboxylic acids is 1. The molecule has 0 saturated carbocycles. The molecule has 6 heteroatoms. The summed E-state index contributed by atoms with van der Waals surface area (Å²) in [5, 5.41) is 8.74. The summed E-state index contributed by atoms with van der Waals surface area (Å²) in [4.78, 5) is 21.5. The second-order valence-electron chi connectivity index (χ2n) is 3.31. The Morgan fingerprint density at radius 1 is 1.67 bits per heavy atom. The average Bonchev–Trinajstić information content (AvgIpc) is 2.47. The minimum Gasteiger partial charge on any atom is -0.478 e. The molecule has 0 fully saturated rings. The molecule has 1 aromatic heterocycles. The fraction of sp³-hybridized carbons (Fsp3) is 0.333. The van der Waals surface area contributed by atoms with Crippen molar-refractivity contribution in [1.82, 2.24) is 4.57 Å². The molecule has 0 radical (unpaired) electrons. The van der Waals surface area contributed by atoms with Gasteiger partial charge >= 0.3 is 5.97 Å². The van der Waals surface area contributed by atoms with Crippen molar-refractivity contribution in [1.29, 1.82) is 0 Å². The third-order valence-corrected chi connectivity index (χ3v) is 2.73.